The number of morpholine rings is 1. The van der Waals surface area contributed by atoms with Gasteiger partial charge in [-0.3, -0.25) is 4.79 Å². The lowest BCUT2D eigenvalue weighted by Crippen LogP contribution is -2.52. The number of rotatable bonds is 3. The number of carbonyl (C=O) groups excluding carboxylic acids is 1. The average molecular weight is 214 g/mol. The van der Waals surface area contributed by atoms with Gasteiger partial charge in [0.2, 0.25) is 5.91 Å². The van der Waals surface area contributed by atoms with Crippen molar-refractivity contribution in [1.29, 1.82) is 0 Å². The number of nitrogens with two attached hydrogens (primary N) is 1. The molecule has 2 atom stereocenters. The van der Waals surface area contributed by atoms with Crippen LogP contribution < -0.4 is 5.73 Å². The van der Waals surface area contributed by atoms with Crippen molar-refractivity contribution in [3.63, 3.8) is 0 Å². The minimum Gasteiger partial charge on any atom is -0.375 e. The van der Waals surface area contributed by atoms with Gasteiger partial charge in [0.05, 0.1) is 18.8 Å². The second kappa shape index (κ2) is 5.47. The van der Waals surface area contributed by atoms with Crippen LogP contribution in [-0.4, -0.2) is 42.6 Å². The Morgan fingerprint density at radius 2 is 2.27 bits per heavy atom. The van der Waals surface area contributed by atoms with Gasteiger partial charge >= 0.3 is 0 Å². The van der Waals surface area contributed by atoms with E-state index in [1.807, 2.05) is 18.7 Å². The van der Waals surface area contributed by atoms with E-state index in [4.69, 9.17) is 10.5 Å². The van der Waals surface area contributed by atoms with Crippen LogP contribution in [0, 0.1) is 5.92 Å². The molecule has 1 saturated heterocycles. The van der Waals surface area contributed by atoms with Gasteiger partial charge < -0.3 is 15.4 Å². The molecule has 2 N–H and O–H groups in total. The molecule has 1 amide bonds. The van der Waals surface area contributed by atoms with E-state index in [1.165, 1.54) is 0 Å². The zero-order valence-electron chi connectivity index (χ0n) is 9.90. The molecule has 2 unspecified atom stereocenters. The average Bonchev–Trinajstić information content (AvgIpc) is 2.27. The van der Waals surface area contributed by atoms with Gasteiger partial charge in [0.15, 0.2) is 0 Å². The predicted molar refractivity (Wildman–Crippen MR) is 59.4 cm³/mol. The van der Waals surface area contributed by atoms with E-state index < -0.39 is 0 Å². The van der Waals surface area contributed by atoms with Crippen molar-refractivity contribution in [3.05, 3.63) is 0 Å². The molecule has 0 spiro atoms. The standard InChI is InChI=1S/C11H22N2O2/c1-4-9-7-13(5-6-15-9)11(14)10(12)8(2)3/h8-10H,4-7,12H2,1-3H3. The molecule has 1 rings (SSSR count). The minimum absolute atomic E-state index is 0.0618. The Balaban J connectivity index is 2.52. The van der Waals surface area contributed by atoms with E-state index in [0.717, 1.165) is 6.42 Å². The Kier molecular flexibility index (Phi) is 4.54. The predicted octanol–water partition coefficient (Wildman–Crippen LogP) is 0.607. The first-order valence-corrected chi connectivity index (χ1v) is 5.72. The summed E-state index contributed by atoms with van der Waals surface area (Å²) in [5, 5.41) is 0. The summed E-state index contributed by atoms with van der Waals surface area (Å²) in [7, 11) is 0. The number of nitrogens with zero attached hydrogens (tertiary/aromatic N) is 1. The molecule has 4 nitrogen and oxygen atoms in total. The maximum atomic E-state index is 11.9. The summed E-state index contributed by atoms with van der Waals surface area (Å²) in [6, 6.07) is -0.374. The molecule has 88 valence electrons. The molecule has 0 aliphatic carbocycles. The summed E-state index contributed by atoms with van der Waals surface area (Å²) in [6.07, 6.45) is 1.13. The monoisotopic (exact) mass is 214 g/mol. The molecule has 1 aliphatic heterocycles. The molecule has 0 saturated carbocycles. The molecular formula is C11H22N2O2. The van der Waals surface area contributed by atoms with Gasteiger partial charge in [0.25, 0.3) is 0 Å². The molecule has 1 heterocycles. The van der Waals surface area contributed by atoms with Crippen molar-refractivity contribution in [3.8, 4) is 0 Å². The third-order valence-corrected chi connectivity index (χ3v) is 2.91. The van der Waals surface area contributed by atoms with E-state index >= 15 is 0 Å². The van der Waals surface area contributed by atoms with Crippen molar-refractivity contribution >= 4 is 5.91 Å². The lowest BCUT2D eigenvalue weighted by atomic mass is 10.0. The molecular weight excluding hydrogens is 192 g/mol. The summed E-state index contributed by atoms with van der Waals surface area (Å²) in [5.41, 5.74) is 5.85. The molecule has 15 heavy (non-hydrogen) atoms. The van der Waals surface area contributed by atoms with Crippen LogP contribution in [0.5, 0.6) is 0 Å². The number of hydrogen-bond acceptors (Lipinski definition) is 3. The van der Waals surface area contributed by atoms with Crippen molar-refractivity contribution in [2.24, 2.45) is 11.7 Å². The fraction of sp³-hybridized carbons (Fsp3) is 0.909. The fourth-order valence-electron chi connectivity index (χ4n) is 1.66. The molecule has 4 heteroatoms. The van der Waals surface area contributed by atoms with Gasteiger partial charge in [-0.15, -0.1) is 0 Å². The zero-order chi connectivity index (χ0) is 11.4. The quantitative estimate of drug-likeness (QED) is 0.749. The lowest BCUT2D eigenvalue weighted by Gasteiger charge is -2.34. The molecule has 1 aliphatic rings. The molecule has 0 aromatic rings. The molecule has 0 aromatic heterocycles. The normalized spacial score (nSPS) is 24.3. The molecule has 1 fully saturated rings. The minimum atomic E-state index is -0.374. The van der Waals surface area contributed by atoms with Crippen LogP contribution in [0.2, 0.25) is 0 Å². The topological polar surface area (TPSA) is 55.6 Å². The van der Waals surface area contributed by atoms with E-state index in [9.17, 15) is 4.79 Å². The third-order valence-electron chi connectivity index (χ3n) is 2.91. The molecule has 0 bridgehead atoms. The first-order valence-electron chi connectivity index (χ1n) is 5.72. The number of amides is 1. The van der Waals surface area contributed by atoms with Crippen molar-refractivity contribution in [2.45, 2.75) is 39.3 Å². The fourth-order valence-corrected chi connectivity index (χ4v) is 1.66. The highest BCUT2D eigenvalue weighted by Gasteiger charge is 2.27. The maximum Gasteiger partial charge on any atom is 0.239 e. The van der Waals surface area contributed by atoms with E-state index in [2.05, 4.69) is 6.92 Å². The smallest absolute Gasteiger partial charge is 0.239 e. The first kappa shape index (κ1) is 12.5. The van der Waals surface area contributed by atoms with E-state index in [0.29, 0.717) is 19.7 Å². The van der Waals surface area contributed by atoms with Crippen LogP contribution in [0.15, 0.2) is 0 Å². The Hall–Kier alpha value is -0.610. The summed E-state index contributed by atoms with van der Waals surface area (Å²) in [4.78, 5) is 13.8. The van der Waals surface area contributed by atoms with Crippen LogP contribution in [0.3, 0.4) is 0 Å². The SMILES string of the molecule is CCC1CN(C(=O)C(N)C(C)C)CCO1. The highest BCUT2D eigenvalue weighted by Crippen LogP contribution is 2.11. The second-order valence-corrected chi connectivity index (χ2v) is 4.46. The Morgan fingerprint density at radius 3 is 2.80 bits per heavy atom. The van der Waals surface area contributed by atoms with Crippen LogP contribution in [0.25, 0.3) is 0 Å². The second-order valence-electron chi connectivity index (χ2n) is 4.46. The largest absolute Gasteiger partial charge is 0.375 e. The van der Waals surface area contributed by atoms with Crippen molar-refractivity contribution in [2.75, 3.05) is 19.7 Å². The molecule has 0 aromatic carbocycles. The summed E-state index contributed by atoms with van der Waals surface area (Å²) < 4.78 is 5.51. The maximum absolute atomic E-state index is 11.9. The highest BCUT2D eigenvalue weighted by molar-refractivity contribution is 5.82. The summed E-state index contributed by atoms with van der Waals surface area (Å²) in [6.45, 7) is 8.02. The van der Waals surface area contributed by atoms with Gasteiger partial charge in [0.1, 0.15) is 0 Å². The first-order chi connectivity index (χ1) is 7.06. The Morgan fingerprint density at radius 1 is 1.60 bits per heavy atom. The van der Waals surface area contributed by atoms with Crippen molar-refractivity contribution in [1.82, 2.24) is 4.90 Å². The van der Waals surface area contributed by atoms with Gasteiger partial charge in [-0.25, -0.2) is 0 Å². The van der Waals surface area contributed by atoms with Gasteiger partial charge in [0, 0.05) is 13.1 Å². The Labute approximate surface area is 91.8 Å². The van der Waals surface area contributed by atoms with Gasteiger partial charge in [-0.1, -0.05) is 20.8 Å². The third kappa shape index (κ3) is 3.18. The number of carbonyl (C=O) groups is 1. The van der Waals surface area contributed by atoms with Crippen LogP contribution in [0.4, 0.5) is 0 Å². The van der Waals surface area contributed by atoms with Gasteiger partial charge in [-0.05, 0) is 12.3 Å². The number of ether oxygens (including phenoxy) is 1. The van der Waals surface area contributed by atoms with Crippen molar-refractivity contribution < 1.29 is 9.53 Å². The summed E-state index contributed by atoms with van der Waals surface area (Å²) in [5.74, 6) is 0.257. The Bertz CT molecular complexity index is 219. The molecule has 0 radical (unpaired) electrons. The van der Waals surface area contributed by atoms with E-state index in [1.54, 1.807) is 0 Å². The summed E-state index contributed by atoms with van der Waals surface area (Å²) >= 11 is 0. The lowest BCUT2D eigenvalue weighted by molar-refractivity contribution is -0.141. The van der Waals surface area contributed by atoms with Crippen LogP contribution in [-0.2, 0) is 9.53 Å². The van der Waals surface area contributed by atoms with Crippen LogP contribution in [0.1, 0.15) is 27.2 Å². The van der Waals surface area contributed by atoms with Crippen LogP contribution >= 0.6 is 0 Å². The zero-order valence-corrected chi connectivity index (χ0v) is 9.90. The number of hydrogen-bond donors (Lipinski definition) is 1. The highest BCUT2D eigenvalue weighted by atomic mass is 16.5. The van der Waals surface area contributed by atoms with E-state index in [-0.39, 0.29) is 24.0 Å². The van der Waals surface area contributed by atoms with Gasteiger partial charge in [-0.2, -0.15) is 0 Å².